The second-order valence-corrected chi connectivity index (χ2v) is 4.52. The van der Waals surface area contributed by atoms with Crippen molar-refractivity contribution in [3.63, 3.8) is 0 Å². The predicted molar refractivity (Wildman–Crippen MR) is 58.9 cm³/mol. The van der Waals surface area contributed by atoms with Crippen LogP contribution in [0, 0.1) is 13.8 Å². The zero-order chi connectivity index (χ0) is 13.4. The van der Waals surface area contributed by atoms with E-state index in [-0.39, 0.29) is 11.1 Å². The van der Waals surface area contributed by atoms with Crippen LogP contribution in [-0.2, 0) is 0 Å². The van der Waals surface area contributed by atoms with Gasteiger partial charge in [-0.1, -0.05) is 15.9 Å². The summed E-state index contributed by atoms with van der Waals surface area (Å²) in [6, 6.07) is 2.63. The SMILES string of the molecule is Cc1cc(C(=O)C(F)(F)C(F)F)c(C)cc1Br. The molecular formula is C11H9BrF4O. The van der Waals surface area contributed by atoms with Crippen LogP contribution in [-0.4, -0.2) is 18.1 Å². The fourth-order valence-electron chi connectivity index (χ4n) is 1.30. The van der Waals surface area contributed by atoms with Gasteiger partial charge in [0.15, 0.2) is 0 Å². The van der Waals surface area contributed by atoms with E-state index in [9.17, 15) is 22.4 Å². The van der Waals surface area contributed by atoms with Gasteiger partial charge in [-0.25, -0.2) is 8.78 Å². The first-order valence-electron chi connectivity index (χ1n) is 4.65. The predicted octanol–water partition coefficient (Wildman–Crippen LogP) is 4.15. The molecule has 0 aromatic heterocycles. The maximum absolute atomic E-state index is 12.9. The monoisotopic (exact) mass is 312 g/mol. The fourth-order valence-corrected chi connectivity index (χ4v) is 1.76. The fraction of sp³-hybridized carbons (Fsp3) is 0.364. The number of carbonyl (C=O) groups is 1. The van der Waals surface area contributed by atoms with Crippen LogP contribution in [0.25, 0.3) is 0 Å². The summed E-state index contributed by atoms with van der Waals surface area (Å²) in [5.74, 6) is -6.49. The van der Waals surface area contributed by atoms with Crippen LogP contribution in [0.15, 0.2) is 16.6 Å². The molecule has 0 aliphatic heterocycles. The van der Waals surface area contributed by atoms with E-state index in [0.29, 0.717) is 10.0 Å². The molecule has 0 N–H and O–H groups in total. The minimum atomic E-state index is -4.65. The molecule has 0 aliphatic carbocycles. The van der Waals surface area contributed by atoms with Gasteiger partial charge in [0, 0.05) is 10.0 Å². The van der Waals surface area contributed by atoms with Gasteiger partial charge in [-0.3, -0.25) is 4.79 Å². The van der Waals surface area contributed by atoms with E-state index in [4.69, 9.17) is 0 Å². The molecule has 6 heteroatoms. The maximum atomic E-state index is 12.9. The first kappa shape index (κ1) is 14.2. The molecule has 1 nitrogen and oxygen atoms in total. The molecule has 0 amide bonds. The highest BCUT2D eigenvalue weighted by Gasteiger charge is 2.49. The Morgan fingerprint density at radius 2 is 1.76 bits per heavy atom. The molecule has 0 bridgehead atoms. The maximum Gasteiger partial charge on any atom is 0.368 e. The number of halogens is 5. The van der Waals surface area contributed by atoms with Crippen molar-refractivity contribution in [3.8, 4) is 0 Å². The van der Waals surface area contributed by atoms with Crippen molar-refractivity contribution < 1.29 is 22.4 Å². The summed E-state index contributed by atoms with van der Waals surface area (Å²) in [7, 11) is 0. The Morgan fingerprint density at radius 3 is 2.24 bits per heavy atom. The van der Waals surface area contributed by atoms with Gasteiger partial charge >= 0.3 is 12.3 Å². The lowest BCUT2D eigenvalue weighted by atomic mass is 9.98. The molecule has 0 spiro atoms. The van der Waals surface area contributed by atoms with Gasteiger partial charge in [-0.2, -0.15) is 8.78 Å². The summed E-state index contributed by atoms with van der Waals surface area (Å²) in [4.78, 5) is 11.3. The van der Waals surface area contributed by atoms with Crippen molar-refractivity contribution in [2.45, 2.75) is 26.2 Å². The van der Waals surface area contributed by atoms with Crippen LogP contribution < -0.4 is 0 Å². The van der Waals surface area contributed by atoms with E-state index in [1.54, 1.807) is 6.92 Å². The number of alkyl halides is 4. The average molecular weight is 313 g/mol. The second kappa shape index (κ2) is 4.76. The Hall–Kier alpha value is -0.910. The normalized spacial score (nSPS) is 12.0. The molecule has 0 fully saturated rings. The van der Waals surface area contributed by atoms with Crippen molar-refractivity contribution in [2.24, 2.45) is 0 Å². The molecule has 0 atom stereocenters. The van der Waals surface area contributed by atoms with Crippen LogP contribution in [0.4, 0.5) is 17.6 Å². The highest BCUT2D eigenvalue weighted by molar-refractivity contribution is 9.10. The number of hydrogen-bond acceptors (Lipinski definition) is 1. The van der Waals surface area contributed by atoms with Crippen LogP contribution in [0.3, 0.4) is 0 Å². The molecule has 94 valence electrons. The van der Waals surface area contributed by atoms with Gasteiger partial charge in [-0.05, 0) is 37.1 Å². The summed E-state index contributed by atoms with van der Waals surface area (Å²) in [5, 5.41) is 0. The molecule has 0 saturated carbocycles. The average Bonchev–Trinajstić information content (AvgIpc) is 2.22. The molecule has 0 aliphatic rings. The lowest BCUT2D eigenvalue weighted by Crippen LogP contribution is -2.37. The van der Waals surface area contributed by atoms with Gasteiger partial charge in [0.2, 0.25) is 5.78 Å². The minimum Gasteiger partial charge on any atom is -0.287 e. The molecule has 0 heterocycles. The summed E-state index contributed by atoms with van der Waals surface area (Å²) >= 11 is 3.16. The first-order chi connectivity index (χ1) is 7.67. The van der Waals surface area contributed by atoms with Crippen molar-refractivity contribution in [1.82, 2.24) is 0 Å². The Morgan fingerprint density at radius 1 is 1.24 bits per heavy atom. The molecule has 0 saturated heterocycles. The molecule has 17 heavy (non-hydrogen) atoms. The third-order valence-corrected chi connectivity index (χ3v) is 3.18. The zero-order valence-corrected chi connectivity index (χ0v) is 10.6. The minimum absolute atomic E-state index is 0.229. The standard InChI is InChI=1S/C11H9BrF4O/c1-5-4-8(12)6(2)3-7(5)9(17)11(15,16)10(13)14/h3-4,10H,1-2H3. The Labute approximate surface area is 104 Å². The van der Waals surface area contributed by atoms with E-state index < -0.39 is 18.1 Å². The molecule has 0 radical (unpaired) electrons. The molecule has 1 aromatic rings. The molecular weight excluding hydrogens is 304 g/mol. The Balaban J connectivity index is 3.27. The third-order valence-electron chi connectivity index (χ3n) is 2.33. The number of aryl methyl sites for hydroxylation is 2. The topological polar surface area (TPSA) is 17.1 Å². The van der Waals surface area contributed by atoms with Gasteiger partial charge in [0.05, 0.1) is 0 Å². The van der Waals surface area contributed by atoms with E-state index in [2.05, 4.69) is 15.9 Å². The van der Waals surface area contributed by atoms with E-state index in [1.165, 1.54) is 19.1 Å². The number of benzene rings is 1. The summed E-state index contributed by atoms with van der Waals surface area (Å²) in [6.45, 7) is 3.00. The summed E-state index contributed by atoms with van der Waals surface area (Å²) in [5.41, 5.74) is 0.382. The number of hydrogen-bond donors (Lipinski definition) is 0. The van der Waals surface area contributed by atoms with Crippen molar-refractivity contribution in [2.75, 3.05) is 0 Å². The van der Waals surface area contributed by atoms with Crippen LogP contribution >= 0.6 is 15.9 Å². The van der Waals surface area contributed by atoms with Crippen molar-refractivity contribution >= 4 is 21.7 Å². The van der Waals surface area contributed by atoms with Gasteiger partial charge in [0.25, 0.3) is 0 Å². The first-order valence-corrected chi connectivity index (χ1v) is 5.44. The van der Waals surface area contributed by atoms with Gasteiger partial charge < -0.3 is 0 Å². The van der Waals surface area contributed by atoms with E-state index in [1.807, 2.05) is 0 Å². The van der Waals surface area contributed by atoms with E-state index >= 15 is 0 Å². The quantitative estimate of drug-likeness (QED) is 0.605. The lowest BCUT2D eigenvalue weighted by molar-refractivity contribution is -0.0958. The number of ketones is 1. The van der Waals surface area contributed by atoms with Crippen LogP contribution in [0.5, 0.6) is 0 Å². The highest BCUT2D eigenvalue weighted by Crippen LogP contribution is 2.30. The molecule has 0 unspecified atom stereocenters. The highest BCUT2D eigenvalue weighted by atomic mass is 79.9. The Bertz CT molecular complexity index is 457. The largest absolute Gasteiger partial charge is 0.368 e. The lowest BCUT2D eigenvalue weighted by Gasteiger charge is -2.16. The summed E-state index contributed by atoms with van der Waals surface area (Å²) < 4.78 is 50.6. The Kier molecular flexibility index (Phi) is 3.96. The zero-order valence-electron chi connectivity index (χ0n) is 9.03. The molecule has 1 rings (SSSR count). The van der Waals surface area contributed by atoms with E-state index in [0.717, 1.165) is 0 Å². The van der Waals surface area contributed by atoms with Crippen LogP contribution in [0.2, 0.25) is 0 Å². The van der Waals surface area contributed by atoms with Crippen molar-refractivity contribution in [1.29, 1.82) is 0 Å². The summed E-state index contributed by atoms with van der Waals surface area (Å²) in [6.07, 6.45) is -4.00. The second-order valence-electron chi connectivity index (χ2n) is 3.67. The number of rotatable bonds is 3. The number of Topliss-reactive ketones (excluding diaryl/α,β-unsaturated/α-hetero) is 1. The van der Waals surface area contributed by atoms with Crippen LogP contribution in [0.1, 0.15) is 21.5 Å². The van der Waals surface area contributed by atoms with Gasteiger partial charge in [-0.15, -0.1) is 0 Å². The number of carbonyl (C=O) groups excluding carboxylic acids is 1. The van der Waals surface area contributed by atoms with Crippen molar-refractivity contribution in [3.05, 3.63) is 33.3 Å². The molecule has 1 aromatic carbocycles. The third kappa shape index (κ3) is 2.68. The smallest absolute Gasteiger partial charge is 0.287 e. The van der Waals surface area contributed by atoms with Gasteiger partial charge in [0.1, 0.15) is 0 Å².